The van der Waals surface area contributed by atoms with Crippen LogP contribution >= 0.6 is 11.3 Å². The number of hydrogen-bond donors (Lipinski definition) is 1. The molecule has 29 heavy (non-hydrogen) atoms. The molecule has 0 saturated carbocycles. The van der Waals surface area contributed by atoms with E-state index in [4.69, 9.17) is 20.2 Å². The highest BCUT2D eigenvalue weighted by Gasteiger charge is 2.28. The Morgan fingerprint density at radius 2 is 2.07 bits per heavy atom. The van der Waals surface area contributed by atoms with Gasteiger partial charge in [0.05, 0.1) is 18.9 Å². The fourth-order valence-electron chi connectivity index (χ4n) is 3.83. The molecule has 0 saturated heterocycles. The monoisotopic (exact) mass is 411 g/mol. The first-order valence-electron chi connectivity index (χ1n) is 9.67. The van der Waals surface area contributed by atoms with Gasteiger partial charge in [0.2, 0.25) is 0 Å². The molecular weight excluding hydrogens is 386 g/mol. The maximum absolute atomic E-state index is 12.6. The molecule has 0 amide bonds. The second kappa shape index (κ2) is 7.65. The lowest BCUT2D eigenvalue weighted by atomic mass is 9.91. The summed E-state index contributed by atoms with van der Waals surface area (Å²) in [6.07, 6.45) is 0.642. The molecule has 3 heterocycles. The van der Waals surface area contributed by atoms with Crippen molar-refractivity contribution in [3.8, 4) is 16.9 Å². The van der Waals surface area contributed by atoms with Crippen molar-refractivity contribution in [1.82, 2.24) is 9.88 Å². The number of fused-ring (bicyclic) bond motifs is 2. The quantitative estimate of drug-likeness (QED) is 0.651. The smallest absolute Gasteiger partial charge is 0.350 e. The Balaban J connectivity index is 2.04. The molecule has 1 aliphatic heterocycles. The summed E-state index contributed by atoms with van der Waals surface area (Å²) >= 11 is 1.30. The summed E-state index contributed by atoms with van der Waals surface area (Å²) < 4.78 is 11.1. The van der Waals surface area contributed by atoms with E-state index in [1.165, 1.54) is 11.3 Å². The number of pyridine rings is 1. The molecule has 0 bridgehead atoms. The van der Waals surface area contributed by atoms with E-state index in [1.54, 1.807) is 7.11 Å². The van der Waals surface area contributed by atoms with Crippen LogP contribution in [0.2, 0.25) is 0 Å². The van der Waals surface area contributed by atoms with Crippen molar-refractivity contribution < 1.29 is 14.3 Å². The molecule has 0 atom stereocenters. The number of hydrogen-bond acceptors (Lipinski definition) is 7. The summed E-state index contributed by atoms with van der Waals surface area (Å²) in [6.45, 7) is 5.37. The molecule has 0 fully saturated rings. The molecule has 0 spiro atoms. The molecule has 1 aliphatic rings. The van der Waals surface area contributed by atoms with Crippen molar-refractivity contribution in [3.05, 3.63) is 40.4 Å². The predicted molar refractivity (Wildman–Crippen MR) is 117 cm³/mol. The number of carbonyl (C=O) groups excluding carboxylic acids is 1. The highest BCUT2D eigenvalue weighted by atomic mass is 32.1. The van der Waals surface area contributed by atoms with Gasteiger partial charge in [-0.3, -0.25) is 0 Å². The van der Waals surface area contributed by atoms with Crippen molar-refractivity contribution in [2.24, 2.45) is 0 Å². The van der Waals surface area contributed by atoms with Crippen molar-refractivity contribution in [2.75, 3.05) is 26.4 Å². The van der Waals surface area contributed by atoms with E-state index in [2.05, 4.69) is 11.9 Å². The van der Waals surface area contributed by atoms with Gasteiger partial charge in [-0.25, -0.2) is 9.78 Å². The van der Waals surface area contributed by atoms with Gasteiger partial charge >= 0.3 is 5.97 Å². The van der Waals surface area contributed by atoms with Gasteiger partial charge in [-0.05, 0) is 32.5 Å². The van der Waals surface area contributed by atoms with Gasteiger partial charge in [0, 0.05) is 41.7 Å². The van der Waals surface area contributed by atoms with Gasteiger partial charge in [-0.1, -0.05) is 18.2 Å². The van der Waals surface area contributed by atoms with Crippen molar-refractivity contribution in [2.45, 2.75) is 32.9 Å². The summed E-state index contributed by atoms with van der Waals surface area (Å²) in [5.74, 6) is 0.369. The lowest BCUT2D eigenvalue weighted by molar-refractivity contribution is 0.0385. The molecule has 3 aromatic rings. The Morgan fingerprint density at radius 3 is 2.79 bits per heavy atom. The number of para-hydroxylation sites is 1. The first kappa shape index (κ1) is 19.7. The highest BCUT2D eigenvalue weighted by Crippen LogP contribution is 2.45. The number of anilines is 1. The van der Waals surface area contributed by atoms with E-state index in [-0.39, 0.29) is 6.10 Å². The van der Waals surface area contributed by atoms with Crippen molar-refractivity contribution >= 4 is 33.2 Å². The Bertz CT molecular complexity index is 1090. The third kappa shape index (κ3) is 3.45. The third-order valence-electron chi connectivity index (χ3n) is 5.13. The topological polar surface area (TPSA) is 77.7 Å². The molecule has 152 valence electrons. The number of rotatable bonds is 4. The third-order valence-corrected chi connectivity index (χ3v) is 6.21. The summed E-state index contributed by atoms with van der Waals surface area (Å²) in [5.41, 5.74) is 11.1. The molecule has 2 aromatic heterocycles. The Hall–Kier alpha value is -2.64. The number of nitrogens with zero attached hydrogens (tertiary/aromatic N) is 2. The Labute approximate surface area is 174 Å². The minimum atomic E-state index is -0.401. The van der Waals surface area contributed by atoms with Gasteiger partial charge in [0.1, 0.15) is 15.5 Å². The standard InChI is InChI=1S/C22H25N3O3S/c1-12(2)28-22(26)20-19(23)18-17(13-7-5-6-8-16(13)27-4)14-11-25(3)10-9-15(14)24-21(18)29-20/h5-8,12H,9-11,23H2,1-4H3. The number of benzene rings is 1. The second-order valence-corrected chi connectivity index (χ2v) is 8.58. The van der Waals surface area contributed by atoms with Gasteiger partial charge in [-0.2, -0.15) is 0 Å². The summed E-state index contributed by atoms with van der Waals surface area (Å²) in [5, 5.41) is 0.809. The van der Waals surface area contributed by atoms with Crippen LogP contribution < -0.4 is 10.5 Å². The van der Waals surface area contributed by atoms with E-state index >= 15 is 0 Å². The minimum absolute atomic E-state index is 0.212. The SMILES string of the molecule is COc1ccccc1-c1c2c(nc3sc(C(=O)OC(C)C)c(N)c13)CCN(C)C2. The minimum Gasteiger partial charge on any atom is -0.496 e. The summed E-state index contributed by atoms with van der Waals surface area (Å²) in [6, 6.07) is 7.91. The van der Waals surface area contributed by atoms with Crippen LogP contribution in [-0.4, -0.2) is 42.7 Å². The van der Waals surface area contributed by atoms with Crippen LogP contribution in [0.15, 0.2) is 24.3 Å². The molecule has 4 rings (SSSR count). The number of nitrogen functional groups attached to an aromatic ring is 1. The molecular formula is C22H25N3O3S. The van der Waals surface area contributed by atoms with Gasteiger partial charge in [-0.15, -0.1) is 11.3 Å². The number of carbonyl (C=O) groups is 1. The fourth-order valence-corrected chi connectivity index (χ4v) is 4.83. The van der Waals surface area contributed by atoms with Crippen LogP contribution in [0.4, 0.5) is 5.69 Å². The zero-order valence-corrected chi connectivity index (χ0v) is 17.9. The average molecular weight is 412 g/mol. The Kier molecular flexibility index (Phi) is 5.19. The van der Waals surface area contributed by atoms with E-state index in [0.29, 0.717) is 10.6 Å². The van der Waals surface area contributed by atoms with Gasteiger partial charge in [0.25, 0.3) is 0 Å². The number of methoxy groups -OCH3 is 1. The normalized spacial score (nSPS) is 14.2. The predicted octanol–water partition coefficient (Wildman–Crippen LogP) is 4.11. The fraction of sp³-hybridized carbons (Fsp3) is 0.364. The molecule has 0 aliphatic carbocycles. The van der Waals surface area contributed by atoms with Crippen LogP contribution in [-0.2, 0) is 17.7 Å². The van der Waals surface area contributed by atoms with Crippen molar-refractivity contribution in [1.29, 1.82) is 0 Å². The first-order chi connectivity index (χ1) is 13.9. The van der Waals surface area contributed by atoms with E-state index in [9.17, 15) is 4.79 Å². The van der Waals surface area contributed by atoms with E-state index in [0.717, 1.165) is 57.9 Å². The number of nitrogens with two attached hydrogens (primary N) is 1. The number of aromatic nitrogens is 1. The molecule has 0 radical (unpaired) electrons. The van der Waals surface area contributed by atoms with Gasteiger partial charge in [0.15, 0.2) is 0 Å². The van der Waals surface area contributed by atoms with Crippen LogP contribution in [0, 0.1) is 0 Å². The number of esters is 1. The van der Waals surface area contributed by atoms with E-state index < -0.39 is 5.97 Å². The molecule has 1 aromatic carbocycles. The van der Waals surface area contributed by atoms with Crippen LogP contribution in [0.25, 0.3) is 21.3 Å². The highest BCUT2D eigenvalue weighted by molar-refractivity contribution is 7.21. The maximum Gasteiger partial charge on any atom is 0.350 e. The first-order valence-corrected chi connectivity index (χ1v) is 10.5. The van der Waals surface area contributed by atoms with Crippen LogP contribution in [0.3, 0.4) is 0 Å². The lowest BCUT2D eigenvalue weighted by Crippen LogP contribution is -2.28. The van der Waals surface area contributed by atoms with Crippen LogP contribution in [0.1, 0.15) is 34.8 Å². The number of likely N-dealkylation sites (N-methyl/N-ethyl adjacent to an activating group) is 1. The van der Waals surface area contributed by atoms with Crippen LogP contribution in [0.5, 0.6) is 5.75 Å². The zero-order valence-electron chi connectivity index (χ0n) is 17.1. The summed E-state index contributed by atoms with van der Waals surface area (Å²) in [7, 11) is 3.76. The number of ether oxygens (including phenoxy) is 2. The van der Waals surface area contributed by atoms with E-state index in [1.807, 2.05) is 38.1 Å². The average Bonchev–Trinajstić information content (AvgIpc) is 3.02. The zero-order chi connectivity index (χ0) is 20.7. The summed E-state index contributed by atoms with van der Waals surface area (Å²) in [4.78, 5) is 21.0. The lowest BCUT2D eigenvalue weighted by Gasteiger charge is -2.27. The maximum atomic E-state index is 12.6. The van der Waals surface area contributed by atoms with Gasteiger partial charge < -0.3 is 20.1 Å². The number of thiophene rings is 1. The molecule has 6 nitrogen and oxygen atoms in total. The van der Waals surface area contributed by atoms with Crippen molar-refractivity contribution in [3.63, 3.8) is 0 Å². The molecule has 7 heteroatoms. The largest absolute Gasteiger partial charge is 0.496 e. The molecule has 2 N–H and O–H groups in total. The second-order valence-electron chi connectivity index (χ2n) is 7.58. The molecule has 0 unspecified atom stereocenters. The Morgan fingerprint density at radius 1 is 1.31 bits per heavy atom.